The molecule has 14 heavy (non-hydrogen) atoms. The second-order valence-corrected chi connectivity index (χ2v) is 4.65. The lowest BCUT2D eigenvalue weighted by molar-refractivity contribution is 1.02. The van der Waals surface area contributed by atoms with Gasteiger partial charge in [0.15, 0.2) is 0 Å². The molecule has 2 heterocycles. The van der Waals surface area contributed by atoms with E-state index in [-0.39, 0.29) is 0 Å². The third-order valence-corrected chi connectivity index (χ3v) is 3.51. The molecule has 2 aromatic heterocycles. The number of rotatable bonds is 1. The number of hydrogen-bond acceptors (Lipinski definition) is 3. The Balaban J connectivity index is 2.68. The molecule has 0 saturated heterocycles. The standard InChI is InChI=1S/C8H4Cl2N2S2/c9-5-1-2-14-7(5)4-3-6(10)11-12-8(4)13/h1-3H,(H,12,13). The minimum absolute atomic E-state index is 0.373. The summed E-state index contributed by atoms with van der Waals surface area (Å²) in [6.45, 7) is 0. The number of aromatic amines is 1. The molecule has 0 radical (unpaired) electrons. The Morgan fingerprint density at radius 2 is 2.21 bits per heavy atom. The zero-order chi connectivity index (χ0) is 10.1. The van der Waals surface area contributed by atoms with Crippen LogP contribution in [-0.4, -0.2) is 10.2 Å². The van der Waals surface area contributed by atoms with Gasteiger partial charge in [0.2, 0.25) is 0 Å². The fraction of sp³-hybridized carbons (Fsp3) is 0. The molecule has 0 saturated carbocycles. The number of halogens is 2. The highest BCUT2D eigenvalue weighted by Crippen LogP contribution is 2.33. The Bertz CT molecular complexity index is 518. The fourth-order valence-corrected chi connectivity index (χ4v) is 2.64. The number of nitrogens with one attached hydrogen (secondary N) is 1. The third kappa shape index (κ3) is 1.83. The van der Waals surface area contributed by atoms with Gasteiger partial charge in [0.25, 0.3) is 0 Å². The molecule has 72 valence electrons. The number of thiophene rings is 1. The van der Waals surface area contributed by atoms with Crippen molar-refractivity contribution in [2.75, 3.05) is 0 Å². The lowest BCUT2D eigenvalue weighted by atomic mass is 10.2. The summed E-state index contributed by atoms with van der Waals surface area (Å²) < 4.78 is 0.541. The summed E-state index contributed by atoms with van der Waals surface area (Å²) in [6, 6.07) is 3.53. The topological polar surface area (TPSA) is 28.7 Å². The molecule has 0 aromatic carbocycles. The van der Waals surface area contributed by atoms with Gasteiger partial charge in [0.1, 0.15) is 9.79 Å². The van der Waals surface area contributed by atoms with Crippen LogP contribution in [-0.2, 0) is 0 Å². The van der Waals surface area contributed by atoms with E-state index in [2.05, 4.69) is 10.2 Å². The quantitative estimate of drug-likeness (QED) is 0.782. The van der Waals surface area contributed by atoms with Crippen LogP contribution in [0.5, 0.6) is 0 Å². The van der Waals surface area contributed by atoms with Crippen molar-refractivity contribution >= 4 is 46.8 Å². The van der Waals surface area contributed by atoms with Crippen LogP contribution < -0.4 is 0 Å². The van der Waals surface area contributed by atoms with Crippen LogP contribution in [0, 0.1) is 4.64 Å². The molecule has 0 fully saturated rings. The van der Waals surface area contributed by atoms with Gasteiger partial charge in [-0.05, 0) is 17.5 Å². The highest BCUT2D eigenvalue weighted by Gasteiger charge is 2.07. The van der Waals surface area contributed by atoms with Crippen molar-refractivity contribution in [3.05, 3.63) is 32.3 Å². The van der Waals surface area contributed by atoms with E-state index in [1.165, 1.54) is 11.3 Å². The van der Waals surface area contributed by atoms with Crippen molar-refractivity contribution in [2.24, 2.45) is 0 Å². The van der Waals surface area contributed by atoms with Gasteiger partial charge in [0.05, 0.1) is 9.90 Å². The maximum absolute atomic E-state index is 5.99. The first-order valence-corrected chi connectivity index (χ1v) is 5.71. The molecule has 2 rings (SSSR count). The lowest BCUT2D eigenvalue weighted by Crippen LogP contribution is -1.85. The fourth-order valence-electron chi connectivity index (χ4n) is 1.04. The molecule has 1 N–H and O–H groups in total. The third-order valence-electron chi connectivity index (χ3n) is 1.63. The molecular weight excluding hydrogens is 259 g/mol. The van der Waals surface area contributed by atoms with Gasteiger partial charge >= 0.3 is 0 Å². The van der Waals surface area contributed by atoms with Gasteiger partial charge in [-0.25, -0.2) is 0 Å². The van der Waals surface area contributed by atoms with Crippen LogP contribution >= 0.6 is 46.8 Å². The predicted octanol–water partition coefficient (Wildman–Crippen LogP) is 4.17. The Morgan fingerprint density at radius 3 is 2.86 bits per heavy atom. The molecule has 0 amide bonds. The van der Waals surface area contributed by atoms with E-state index in [4.69, 9.17) is 35.4 Å². The maximum Gasteiger partial charge on any atom is 0.150 e. The molecular formula is C8H4Cl2N2S2. The van der Waals surface area contributed by atoms with E-state index in [1.54, 1.807) is 6.07 Å². The smallest absolute Gasteiger partial charge is 0.150 e. The molecule has 6 heteroatoms. The SMILES string of the molecule is S=c1[nH]nc(Cl)cc1-c1sccc1Cl. The number of hydrogen-bond donors (Lipinski definition) is 1. The molecule has 2 nitrogen and oxygen atoms in total. The van der Waals surface area contributed by atoms with Gasteiger partial charge < -0.3 is 0 Å². The molecule has 0 aliphatic heterocycles. The highest BCUT2D eigenvalue weighted by molar-refractivity contribution is 7.71. The van der Waals surface area contributed by atoms with Gasteiger partial charge in [-0.2, -0.15) is 5.10 Å². The zero-order valence-corrected chi connectivity index (χ0v) is 9.90. The van der Waals surface area contributed by atoms with Gasteiger partial charge in [0, 0.05) is 5.56 Å². The van der Waals surface area contributed by atoms with Crippen LogP contribution in [0.25, 0.3) is 10.4 Å². The summed E-state index contributed by atoms with van der Waals surface area (Å²) in [5, 5.41) is 9.40. The van der Waals surface area contributed by atoms with E-state index in [9.17, 15) is 0 Å². The summed E-state index contributed by atoms with van der Waals surface area (Å²) in [5.41, 5.74) is 0.819. The summed E-state index contributed by atoms with van der Waals surface area (Å²) in [4.78, 5) is 0.914. The zero-order valence-electron chi connectivity index (χ0n) is 6.75. The molecule has 2 aromatic rings. The van der Waals surface area contributed by atoms with Crippen molar-refractivity contribution in [1.82, 2.24) is 10.2 Å². The Kier molecular flexibility index (Phi) is 2.88. The average Bonchev–Trinajstić information content (AvgIpc) is 2.56. The van der Waals surface area contributed by atoms with Crippen LogP contribution in [0.1, 0.15) is 0 Å². The first kappa shape index (κ1) is 10.1. The van der Waals surface area contributed by atoms with Gasteiger partial charge in [-0.1, -0.05) is 35.4 Å². The number of H-pyrrole nitrogens is 1. The van der Waals surface area contributed by atoms with Crippen LogP contribution in [0.4, 0.5) is 0 Å². The second-order valence-electron chi connectivity index (χ2n) is 2.53. The summed E-state index contributed by atoms with van der Waals surface area (Å²) in [7, 11) is 0. The van der Waals surface area contributed by atoms with E-state index in [0.717, 1.165) is 10.4 Å². The second kappa shape index (κ2) is 3.98. The first-order chi connectivity index (χ1) is 6.68. The van der Waals surface area contributed by atoms with Crippen LogP contribution in [0.3, 0.4) is 0 Å². The van der Waals surface area contributed by atoms with E-state index in [1.807, 2.05) is 11.4 Å². The van der Waals surface area contributed by atoms with Gasteiger partial charge in [-0.3, -0.25) is 5.10 Å². The highest BCUT2D eigenvalue weighted by atomic mass is 35.5. The molecule has 0 atom stereocenters. The average molecular weight is 263 g/mol. The number of nitrogens with zero attached hydrogens (tertiary/aromatic N) is 1. The predicted molar refractivity (Wildman–Crippen MR) is 62.8 cm³/mol. The Morgan fingerprint density at radius 1 is 1.43 bits per heavy atom. The molecule has 0 aliphatic carbocycles. The largest absolute Gasteiger partial charge is 0.266 e. The van der Waals surface area contributed by atoms with Crippen molar-refractivity contribution in [3.63, 3.8) is 0 Å². The van der Waals surface area contributed by atoms with Crippen molar-refractivity contribution < 1.29 is 0 Å². The Hall–Kier alpha value is -0.420. The minimum Gasteiger partial charge on any atom is -0.266 e. The van der Waals surface area contributed by atoms with Crippen LogP contribution in [0.2, 0.25) is 10.2 Å². The van der Waals surface area contributed by atoms with Gasteiger partial charge in [-0.15, -0.1) is 11.3 Å². The maximum atomic E-state index is 5.99. The van der Waals surface area contributed by atoms with E-state index < -0.39 is 0 Å². The molecule has 0 bridgehead atoms. The van der Waals surface area contributed by atoms with E-state index >= 15 is 0 Å². The van der Waals surface area contributed by atoms with Crippen LogP contribution in [0.15, 0.2) is 17.5 Å². The van der Waals surface area contributed by atoms with Crippen molar-refractivity contribution in [1.29, 1.82) is 0 Å². The number of aromatic nitrogens is 2. The normalized spacial score (nSPS) is 10.4. The van der Waals surface area contributed by atoms with E-state index in [0.29, 0.717) is 14.8 Å². The summed E-state index contributed by atoms with van der Waals surface area (Å²) >= 11 is 18.4. The first-order valence-electron chi connectivity index (χ1n) is 3.67. The molecule has 0 spiro atoms. The molecule has 0 unspecified atom stereocenters. The van der Waals surface area contributed by atoms with Crippen molar-refractivity contribution in [3.8, 4) is 10.4 Å². The Labute approximate surface area is 99.5 Å². The minimum atomic E-state index is 0.373. The molecule has 0 aliphatic rings. The monoisotopic (exact) mass is 262 g/mol. The van der Waals surface area contributed by atoms with Crippen molar-refractivity contribution in [2.45, 2.75) is 0 Å². The summed E-state index contributed by atoms with van der Waals surface area (Å²) in [6.07, 6.45) is 0. The lowest BCUT2D eigenvalue weighted by Gasteiger charge is -1.98. The summed E-state index contributed by atoms with van der Waals surface area (Å²) in [5.74, 6) is 0.